The molecule has 25 heavy (non-hydrogen) atoms. The molecule has 0 aromatic rings. The number of hydrazine groups is 1. The predicted molar refractivity (Wildman–Crippen MR) is 100 cm³/mol. The summed E-state index contributed by atoms with van der Waals surface area (Å²) in [7, 11) is -3.05. The molecule has 0 spiro atoms. The van der Waals surface area contributed by atoms with Crippen molar-refractivity contribution in [2.24, 2.45) is 0 Å². The quantitative estimate of drug-likeness (QED) is 0.655. The number of hydrogen-bond acceptors (Lipinski definition) is 8. The van der Waals surface area contributed by atoms with Gasteiger partial charge in [-0.15, -0.1) is 0 Å². The second kappa shape index (κ2) is 7.61. The van der Waals surface area contributed by atoms with Gasteiger partial charge in [-0.25, -0.2) is 18.4 Å². The largest absolute Gasteiger partial charge is 0.379 e. The Labute approximate surface area is 155 Å². The highest BCUT2D eigenvalue weighted by molar-refractivity contribution is 7.99. The second-order valence-electron chi connectivity index (χ2n) is 7.35. The van der Waals surface area contributed by atoms with Gasteiger partial charge in [0.1, 0.15) is 0 Å². The van der Waals surface area contributed by atoms with Gasteiger partial charge >= 0.3 is 0 Å². The Bertz CT molecular complexity index is 558. The van der Waals surface area contributed by atoms with E-state index in [9.17, 15) is 8.42 Å². The molecular weight excluding hydrogens is 360 g/mol. The van der Waals surface area contributed by atoms with Gasteiger partial charge < -0.3 is 4.74 Å². The summed E-state index contributed by atoms with van der Waals surface area (Å²) in [6.45, 7) is 7.64. The van der Waals surface area contributed by atoms with Crippen molar-refractivity contribution in [2.45, 2.75) is 18.6 Å². The third-order valence-electron chi connectivity index (χ3n) is 5.90. The molecule has 4 fully saturated rings. The third-order valence-corrected chi connectivity index (χ3v) is 8.47. The maximum absolute atomic E-state index is 12.8. The van der Waals surface area contributed by atoms with Gasteiger partial charge in [0, 0.05) is 57.3 Å². The molecule has 0 amide bonds. The summed E-state index contributed by atoms with van der Waals surface area (Å²) in [6, 6.07) is 0. The molecule has 1 unspecified atom stereocenters. The molecule has 1 atom stereocenters. The van der Waals surface area contributed by atoms with Crippen molar-refractivity contribution in [2.75, 3.05) is 82.0 Å². The third kappa shape index (κ3) is 3.61. The average molecular weight is 391 g/mol. The summed E-state index contributed by atoms with van der Waals surface area (Å²) in [4.78, 5) is 4.86. The molecule has 0 aromatic heterocycles. The summed E-state index contributed by atoms with van der Waals surface area (Å²) in [5, 5.41) is 4.88. The number of morpholine rings is 1. The van der Waals surface area contributed by atoms with Crippen LogP contribution in [0.2, 0.25) is 0 Å². The summed E-state index contributed by atoms with van der Waals surface area (Å²) >= 11 is 2.00. The minimum absolute atomic E-state index is 0.226. The number of rotatable bonds is 3. The van der Waals surface area contributed by atoms with E-state index in [-0.39, 0.29) is 11.5 Å². The van der Waals surface area contributed by atoms with Gasteiger partial charge in [0.25, 0.3) is 0 Å². The van der Waals surface area contributed by atoms with E-state index < -0.39 is 15.6 Å². The SMILES string of the molecule is O=S1(=O)CCN(N2CCSCC2)C(N2CCCC2)(N2CCOCC2)C1. The minimum Gasteiger partial charge on any atom is -0.379 e. The first kappa shape index (κ1) is 18.5. The second-order valence-corrected chi connectivity index (χ2v) is 10.8. The van der Waals surface area contributed by atoms with Gasteiger partial charge in [-0.1, -0.05) is 0 Å². The van der Waals surface area contributed by atoms with Gasteiger partial charge in [0.15, 0.2) is 15.6 Å². The Kier molecular flexibility index (Phi) is 5.62. The van der Waals surface area contributed by atoms with Gasteiger partial charge in [-0.05, 0) is 12.8 Å². The molecule has 4 saturated heterocycles. The minimum atomic E-state index is -3.05. The first-order chi connectivity index (χ1) is 12.1. The monoisotopic (exact) mass is 390 g/mol. The average Bonchev–Trinajstić information content (AvgIpc) is 3.17. The molecule has 4 aliphatic rings. The molecule has 4 heterocycles. The van der Waals surface area contributed by atoms with E-state index >= 15 is 0 Å². The van der Waals surface area contributed by atoms with Crippen LogP contribution in [-0.2, 0) is 14.6 Å². The highest BCUT2D eigenvalue weighted by atomic mass is 32.2. The van der Waals surface area contributed by atoms with Crippen LogP contribution < -0.4 is 0 Å². The molecule has 7 nitrogen and oxygen atoms in total. The fourth-order valence-corrected chi connectivity index (χ4v) is 7.30. The van der Waals surface area contributed by atoms with Crippen molar-refractivity contribution in [3.8, 4) is 0 Å². The molecule has 0 aromatic carbocycles. The van der Waals surface area contributed by atoms with Gasteiger partial charge in [0.2, 0.25) is 0 Å². The van der Waals surface area contributed by atoms with Crippen LogP contribution in [-0.4, -0.2) is 116 Å². The van der Waals surface area contributed by atoms with Gasteiger partial charge in [0.05, 0.1) is 24.7 Å². The van der Waals surface area contributed by atoms with Crippen LogP contribution >= 0.6 is 11.8 Å². The first-order valence-electron chi connectivity index (χ1n) is 9.50. The molecule has 0 aliphatic carbocycles. The number of ether oxygens (including phenoxy) is 1. The lowest BCUT2D eigenvalue weighted by Crippen LogP contribution is -2.79. The van der Waals surface area contributed by atoms with E-state index in [1.54, 1.807) is 0 Å². The van der Waals surface area contributed by atoms with Crippen LogP contribution in [0.25, 0.3) is 0 Å². The van der Waals surface area contributed by atoms with Crippen molar-refractivity contribution in [3.05, 3.63) is 0 Å². The fraction of sp³-hybridized carbons (Fsp3) is 1.00. The molecule has 0 N–H and O–H groups in total. The first-order valence-corrected chi connectivity index (χ1v) is 12.5. The smallest absolute Gasteiger partial charge is 0.158 e. The van der Waals surface area contributed by atoms with E-state index in [4.69, 9.17) is 4.74 Å². The molecule has 0 bridgehead atoms. The van der Waals surface area contributed by atoms with E-state index in [1.165, 1.54) is 0 Å². The van der Waals surface area contributed by atoms with Crippen molar-refractivity contribution in [3.63, 3.8) is 0 Å². The number of sulfone groups is 1. The standard InChI is InChI=1S/C16H30N4O3S2/c21-25(22)14-9-20(19-7-12-24-13-8-19)16(15-25,17-3-1-2-4-17)18-5-10-23-11-6-18/h1-15H2. The summed E-state index contributed by atoms with van der Waals surface area (Å²) in [5.41, 5.74) is 0. The number of hydrogen-bond donors (Lipinski definition) is 0. The van der Waals surface area contributed by atoms with Crippen molar-refractivity contribution >= 4 is 21.6 Å². The van der Waals surface area contributed by atoms with E-state index in [0.717, 1.165) is 63.6 Å². The fourth-order valence-electron chi connectivity index (χ4n) is 4.72. The zero-order valence-electron chi connectivity index (χ0n) is 14.9. The van der Waals surface area contributed by atoms with Crippen molar-refractivity contribution in [1.82, 2.24) is 19.8 Å². The van der Waals surface area contributed by atoms with E-state index in [0.29, 0.717) is 19.8 Å². The van der Waals surface area contributed by atoms with Gasteiger partial charge in [-0.2, -0.15) is 11.8 Å². The number of likely N-dealkylation sites (tertiary alicyclic amines) is 1. The summed E-state index contributed by atoms with van der Waals surface area (Å²) in [5.74, 6) is 2.24. The molecule has 9 heteroatoms. The zero-order valence-corrected chi connectivity index (χ0v) is 16.6. The topological polar surface area (TPSA) is 56.3 Å². The Hall–Kier alpha value is 0.1000. The Morgan fingerprint density at radius 2 is 1.48 bits per heavy atom. The lowest BCUT2D eigenvalue weighted by Gasteiger charge is -2.60. The lowest BCUT2D eigenvalue weighted by atomic mass is 10.2. The molecule has 0 radical (unpaired) electrons. The van der Waals surface area contributed by atoms with Crippen LogP contribution in [0.4, 0.5) is 0 Å². The van der Waals surface area contributed by atoms with Crippen LogP contribution in [0, 0.1) is 0 Å². The van der Waals surface area contributed by atoms with E-state index in [1.807, 2.05) is 11.8 Å². The highest BCUT2D eigenvalue weighted by Gasteiger charge is 2.55. The normalized spacial score (nSPS) is 36.6. The predicted octanol–water partition coefficient (Wildman–Crippen LogP) is -0.238. The van der Waals surface area contributed by atoms with Crippen LogP contribution in [0.5, 0.6) is 0 Å². The van der Waals surface area contributed by atoms with E-state index in [2.05, 4.69) is 19.8 Å². The molecule has 0 saturated carbocycles. The van der Waals surface area contributed by atoms with Crippen LogP contribution in [0.3, 0.4) is 0 Å². The number of thioether (sulfide) groups is 1. The molecular formula is C16H30N4O3S2. The van der Waals surface area contributed by atoms with Crippen molar-refractivity contribution < 1.29 is 13.2 Å². The maximum atomic E-state index is 12.8. The molecule has 4 aliphatic heterocycles. The number of nitrogens with zero attached hydrogens (tertiary/aromatic N) is 4. The Balaban J connectivity index is 1.73. The zero-order chi connectivity index (χ0) is 17.3. The molecule has 4 rings (SSSR count). The maximum Gasteiger partial charge on any atom is 0.158 e. The molecule has 144 valence electrons. The summed E-state index contributed by atoms with van der Waals surface area (Å²) < 4.78 is 31.1. The van der Waals surface area contributed by atoms with Crippen LogP contribution in [0.15, 0.2) is 0 Å². The van der Waals surface area contributed by atoms with Crippen molar-refractivity contribution in [1.29, 1.82) is 0 Å². The highest BCUT2D eigenvalue weighted by Crippen LogP contribution is 2.36. The van der Waals surface area contributed by atoms with Gasteiger partial charge in [-0.3, -0.25) is 9.80 Å². The Morgan fingerprint density at radius 1 is 0.840 bits per heavy atom. The van der Waals surface area contributed by atoms with Crippen LogP contribution in [0.1, 0.15) is 12.8 Å². The Morgan fingerprint density at radius 3 is 2.16 bits per heavy atom. The lowest BCUT2D eigenvalue weighted by molar-refractivity contribution is -0.243. The summed E-state index contributed by atoms with van der Waals surface area (Å²) in [6.07, 6.45) is 2.33.